The molecule has 3 aromatic rings. The Morgan fingerprint density at radius 2 is 1.28 bits per heavy atom. The Bertz CT molecular complexity index is 1610. The molecule has 3 aromatic carbocycles. The average Bonchev–Trinajstić information content (AvgIpc) is 3.90. The van der Waals surface area contributed by atoms with Gasteiger partial charge in [-0.2, -0.15) is 0 Å². The van der Waals surface area contributed by atoms with Crippen LogP contribution in [-0.4, -0.2) is 11.7 Å². The maximum absolute atomic E-state index is 15.3. The number of halogens is 6. The maximum Gasteiger partial charge on any atom is 0.167 e. The van der Waals surface area contributed by atoms with Crippen LogP contribution < -0.4 is 0 Å². The minimum atomic E-state index is -1.21. The van der Waals surface area contributed by atoms with Crippen LogP contribution in [0.1, 0.15) is 118 Å². The van der Waals surface area contributed by atoms with Gasteiger partial charge in [-0.15, -0.1) is 0 Å². The molecule has 2 aliphatic carbocycles. The summed E-state index contributed by atoms with van der Waals surface area (Å²) in [4.78, 5) is 0. The Morgan fingerprint density at radius 3 is 1.89 bits per heavy atom. The summed E-state index contributed by atoms with van der Waals surface area (Å²) in [7, 11) is 0. The first-order valence-corrected chi connectivity index (χ1v) is 16.6. The zero-order valence-electron chi connectivity index (χ0n) is 26.0. The maximum atomic E-state index is 15.3. The summed E-state index contributed by atoms with van der Waals surface area (Å²) in [5.74, 6) is -5.51. The van der Waals surface area contributed by atoms with E-state index in [9.17, 15) is 22.7 Å². The van der Waals surface area contributed by atoms with E-state index in [-0.39, 0.29) is 39.3 Å². The zero-order chi connectivity index (χ0) is 32.5. The van der Waals surface area contributed by atoms with Gasteiger partial charge in [0.15, 0.2) is 34.9 Å². The Labute approximate surface area is 266 Å². The number of rotatable bonds is 10. The second-order valence-corrected chi connectivity index (χ2v) is 13.3. The molecule has 0 amide bonds. The van der Waals surface area contributed by atoms with Gasteiger partial charge in [0, 0.05) is 27.8 Å². The van der Waals surface area contributed by atoms with E-state index in [2.05, 4.69) is 0 Å². The summed E-state index contributed by atoms with van der Waals surface area (Å²) in [5.41, 5.74) is 0.850. The van der Waals surface area contributed by atoms with Crippen molar-refractivity contribution in [3.8, 4) is 11.1 Å². The SMILES string of the molecule is CCCC(O)c1ccc(C2=CCC(CCC3CCC(c4ccc(-c5ccc(C6CO6)c(F)c5F)c(F)c4F)CC3)CC2)c(F)c1F. The molecular formula is C38H40F6O2. The molecular weight excluding hydrogens is 602 g/mol. The fraction of sp³-hybridized carbons (Fsp3) is 0.474. The number of benzene rings is 3. The molecule has 3 atom stereocenters. The van der Waals surface area contributed by atoms with Crippen molar-refractivity contribution in [1.82, 2.24) is 0 Å². The van der Waals surface area contributed by atoms with Gasteiger partial charge in [0.25, 0.3) is 0 Å². The van der Waals surface area contributed by atoms with Crippen LogP contribution >= 0.6 is 0 Å². The summed E-state index contributed by atoms with van der Waals surface area (Å²) in [5, 5.41) is 10.1. The second kappa shape index (κ2) is 13.9. The van der Waals surface area contributed by atoms with Crippen molar-refractivity contribution in [2.45, 2.75) is 95.7 Å². The largest absolute Gasteiger partial charge is 0.388 e. The van der Waals surface area contributed by atoms with Crippen LogP contribution in [0, 0.1) is 46.7 Å². The number of aliphatic hydroxyl groups is 1. The van der Waals surface area contributed by atoms with Gasteiger partial charge in [0.1, 0.15) is 6.10 Å². The molecule has 246 valence electrons. The third-order valence-electron chi connectivity index (χ3n) is 10.4. The van der Waals surface area contributed by atoms with Gasteiger partial charge >= 0.3 is 0 Å². The highest BCUT2D eigenvalue weighted by Crippen LogP contribution is 2.43. The minimum absolute atomic E-state index is 0.00884. The molecule has 3 unspecified atom stereocenters. The predicted octanol–water partition coefficient (Wildman–Crippen LogP) is 11.0. The van der Waals surface area contributed by atoms with Crippen LogP contribution in [0.4, 0.5) is 26.3 Å². The van der Waals surface area contributed by atoms with E-state index in [0.717, 1.165) is 56.9 Å². The topological polar surface area (TPSA) is 32.8 Å². The summed E-state index contributed by atoms with van der Waals surface area (Å²) < 4.78 is 94.4. The van der Waals surface area contributed by atoms with Crippen molar-refractivity contribution in [1.29, 1.82) is 0 Å². The van der Waals surface area contributed by atoms with E-state index in [4.69, 9.17) is 4.74 Å². The van der Waals surface area contributed by atoms with E-state index >= 15 is 8.78 Å². The number of aliphatic hydroxyl groups excluding tert-OH is 1. The Balaban J connectivity index is 1.02. The molecule has 0 aromatic heterocycles. The van der Waals surface area contributed by atoms with E-state index in [1.807, 2.05) is 13.0 Å². The molecule has 1 saturated heterocycles. The molecule has 3 aliphatic rings. The normalized spacial score (nSPS) is 23.7. The molecule has 1 N–H and O–H groups in total. The van der Waals surface area contributed by atoms with Crippen molar-refractivity contribution >= 4 is 5.57 Å². The Kier molecular flexibility index (Phi) is 9.95. The lowest BCUT2D eigenvalue weighted by Crippen LogP contribution is -2.16. The molecule has 2 fully saturated rings. The highest BCUT2D eigenvalue weighted by molar-refractivity contribution is 5.68. The number of epoxide rings is 1. The molecule has 1 heterocycles. The number of hydrogen-bond donors (Lipinski definition) is 1. The van der Waals surface area contributed by atoms with Crippen LogP contribution in [0.15, 0.2) is 42.5 Å². The van der Waals surface area contributed by atoms with Gasteiger partial charge in [-0.25, -0.2) is 26.3 Å². The first kappa shape index (κ1) is 32.8. The van der Waals surface area contributed by atoms with Gasteiger partial charge in [-0.05, 0) is 86.7 Å². The highest BCUT2D eigenvalue weighted by Gasteiger charge is 2.32. The third kappa shape index (κ3) is 6.66. The van der Waals surface area contributed by atoms with Crippen molar-refractivity contribution in [3.05, 3.63) is 99.6 Å². The first-order chi connectivity index (χ1) is 22.2. The fourth-order valence-electron chi connectivity index (χ4n) is 7.46. The molecule has 0 radical (unpaired) electrons. The van der Waals surface area contributed by atoms with E-state index in [1.54, 1.807) is 6.07 Å². The van der Waals surface area contributed by atoms with Crippen molar-refractivity contribution in [2.75, 3.05) is 6.61 Å². The molecule has 1 aliphatic heterocycles. The van der Waals surface area contributed by atoms with Gasteiger partial charge < -0.3 is 9.84 Å². The Hall–Kier alpha value is -3.10. The highest BCUT2D eigenvalue weighted by atomic mass is 19.2. The van der Waals surface area contributed by atoms with Crippen molar-refractivity contribution in [2.24, 2.45) is 11.8 Å². The molecule has 0 spiro atoms. The van der Waals surface area contributed by atoms with E-state index in [0.29, 0.717) is 37.7 Å². The molecule has 1 saturated carbocycles. The van der Waals surface area contributed by atoms with Crippen LogP contribution in [0.2, 0.25) is 0 Å². The molecule has 46 heavy (non-hydrogen) atoms. The van der Waals surface area contributed by atoms with Gasteiger partial charge in [0.05, 0.1) is 12.7 Å². The smallest absolute Gasteiger partial charge is 0.167 e. The minimum Gasteiger partial charge on any atom is -0.388 e. The first-order valence-electron chi connectivity index (χ1n) is 16.6. The van der Waals surface area contributed by atoms with Crippen LogP contribution in [-0.2, 0) is 4.74 Å². The lowest BCUT2D eigenvalue weighted by Gasteiger charge is -2.31. The quantitative estimate of drug-likeness (QED) is 0.176. The predicted molar refractivity (Wildman–Crippen MR) is 166 cm³/mol. The van der Waals surface area contributed by atoms with Crippen LogP contribution in [0.3, 0.4) is 0 Å². The molecule has 8 heteroatoms. The van der Waals surface area contributed by atoms with E-state index < -0.39 is 47.1 Å². The lowest BCUT2D eigenvalue weighted by molar-refractivity contribution is 0.160. The molecule has 0 bridgehead atoms. The summed E-state index contributed by atoms with van der Waals surface area (Å²) in [6.07, 6.45) is 9.20. The second-order valence-electron chi connectivity index (χ2n) is 13.3. The van der Waals surface area contributed by atoms with Gasteiger partial charge in [0.2, 0.25) is 0 Å². The van der Waals surface area contributed by atoms with Gasteiger partial charge in [-0.1, -0.05) is 62.2 Å². The zero-order valence-corrected chi connectivity index (χ0v) is 26.0. The monoisotopic (exact) mass is 642 g/mol. The molecule has 2 nitrogen and oxygen atoms in total. The third-order valence-corrected chi connectivity index (χ3v) is 10.4. The Morgan fingerprint density at radius 1 is 0.696 bits per heavy atom. The van der Waals surface area contributed by atoms with E-state index in [1.165, 1.54) is 30.3 Å². The number of hydrogen-bond acceptors (Lipinski definition) is 2. The fourth-order valence-corrected chi connectivity index (χ4v) is 7.46. The van der Waals surface area contributed by atoms with Crippen molar-refractivity contribution in [3.63, 3.8) is 0 Å². The van der Waals surface area contributed by atoms with Crippen LogP contribution in [0.25, 0.3) is 16.7 Å². The summed E-state index contributed by atoms with van der Waals surface area (Å²) in [6, 6.07) is 8.57. The molecule has 6 rings (SSSR count). The van der Waals surface area contributed by atoms with Crippen LogP contribution in [0.5, 0.6) is 0 Å². The summed E-state index contributed by atoms with van der Waals surface area (Å²) in [6.45, 7) is 2.19. The summed E-state index contributed by atoms with van der Waals surface area (Å²) >= 11 is 0. The number of allylic oxidation sites excluding steroid dienone is 2. The average molecular weight is 643 g/mol. The standard InChI is InChI=1S/C38H40F6O2/c1-2-3-31(45)29-18-15-26(34(40)37(29)43)24-12-8-22(9-13-24)5-4-21-6-10-23(11-7-21)25-14-16-27(35(41)33(25)39)28-17-19-30(32-20-46-32)38(44)36(28)42/h12,14-19,21-23,31-32,45H,2-11,13,20H2,1H3. The lowest BCUT2D eigenvalue weighted by atomic mass is 9.75. The van der Waals surface area contributed by atoms with Gasteiger partial charge in [-0.3, -0.25) is 0 Å². The van der Waals surface area contributed by atoms with Crippen molar-refractivity contribution < 1.29 is 36.2 Å². The number of ether oxygens (including phenoxy) is 1.